The van der Waals surface area contributed by atoms with Crippen LogP contribution in [-0.4, -0.2) is 37.1 Å². The smallest absolute Gasteiger partial charge is 0.316 e. The first-order valence-corrected chi connectivity index (χ1v) is 9.16. The van der Waals surface area contributed by atoms with E-state index in [1.807, 2.05) is 24.3 Å². The molecule has 4 heteroatoms. The first-order valence-electron chi connectivity index (χ1n) is 8.78. The predicted molar refractivity (Wildman–Crippen MR) is 95.0 cm³/mol. The van der Waals surface area contributed by atoms with Crippen LogP contribution in [0.3, 0.4) is 0 Å². The van der Waals surface area contributed by atoms with Crippen LogP contribution in [0, 0.1) is 0 Å². The average Bonchev–Trinajstić information content (AvgIpc) is 3.06. The number of ether oxygens (including phenoxy) is 1. The lowest BCUT2D eigenvalue weighted by molar-refractivity contribution is -0.150. The van der Waals surface area contributed by atoms with Crippen molar-refractivity contribution < 1.29 is 9.53 Å². The van der Waals surface area contributed by atoms with Crippen molar-refractivity contribution in [2.45, 2.75) is 51.4 Å². The molecule has 0 aromatic heterocycles. The fraction of sp³-hybridized carbons (Fsp3) is 0.632. The molecule has 128 valence electrons. The van der Waals surface area contributed by atoms with Gasteiger partial charge in [0.25, 0.3) is 0 Å². The van der Waals surface area contributed by atoms with E-state index in [4.69, 9.17) is 16.3 Å². The number of nitrogens with zero attached hydrogens (tertiary/aromatic N) is 1. The molecule has 0 saturated heterocycles. The van der Waals surface area contributed by atoms with Crippen molar-refractivity contribution in [2.75, 3.05) is 26.2 Å². The van der Waals surface area contributed by atoms with Crippen LogP contribution in [-0.2, 0) is 14.9 Å². The summed E-state index contributed by atoms with van der Waals surface area (Å²) in [7, 11) is 0. The van der Waals surface area contributed by atoms with Gasteiger partial charge in [-0.15, -0.1) is 0 Å². The van der Waals surface area contributed by atoms with E-state index in [0.717, 1.165) is 57.3 Å². The standard InChI is InChI=1S/C19H28ClNO2/c1-3-21(4-2)14-7-15-23-18(22)19(12-5-6-13-19)16-8-10-17(20)11-9-16/h8-11H,3-7,12-15H2,1-2H3. The number of halogens is 1. The van der Waals surface area contributed by atoms with Crippen LogP contribution < -0.4 is 0 Å². The highest BCUT2D eigenvalue weighted by molar-refractivity contribution is 6.30. The Bertz CT molecular complexity index is 491. The third kappa shape index (κ3) is 4.48. The van der Waals surface area contributed by atoms with Crippen molar-refractivity contribution in [1.82, 2.24) is 4.90 Å². The predicted octanol–water partition coefficient (Wildman–Crippen LogP) is 4.43. The van der Waals surface area contributed by atoms with Gasteiger partial charge in [0, 0.05) is 11.6 Å². The largest absolute Gasteiger partial charge is 0.465 e. The van der Waals surface area contributed by atoms with Crippen molar-refractivity contribution in [3.05, 3.63) is 34.9 Å². The summed E-state index contributed by atoms with van der Waals surface area (Å²) in [6.07, 6.45) is 4.81. The highest BCUT2D eigenvalue weighted by atomic mass is 35.5. The van der Waals surface area contributed by atoms with Crippen molar-refractivity contribution in [3.8, 4) is 0 Å². The maximum absolute atomic E-state index is 12.8. The van der Waals surface area contributed by atoms with Crippen molar-refractivity contribution in [2.24, 2.45) is 0 Å². The Balaban J connectivity index is 1.95. The number of carbonyl (C=O) groups is 1. The summed E-state index contributed by atoms with van der Waals surface area (Å²) < 4.78 is 5.65. The fourth-order valence-corrected chi connectivity index (χ4v) is 3.62. The summed E-state index contributed by atoms with van der Waals surface area (Å²) in [5.41, 5.74) is 0.591. The highest BCUT2D eigenvalue weighted by Gasteiger charge is 2.44. The Kier molecular flexibility index (Phi) is 6.91. The van der Waals surface area contributed by atoms with Gasteiger partial charge in [-0.25, -0.2) is 0 Å². The normalized spacial score (nSPS) is 16.7. The van der Waals surface area contributed by atoms with Gasteiger partial charge in [-0.1, -0.05) is 50.4 Å². The van der Waals surface area contributed by atoms with E-state index in [1.54, 1.807) is 0 Å². The van der Waals surface area contributed by atoms with Crippen LogP contribution in [0.15, 0.2) is 24.3 Å². The molecule has 0 heterocycles. The number of rotatable bonds is 8. The van der Waals surface area contributed by atoms with E-state index in [-0.39, 0.29) is 5.97 Å². The minimum atomic E-state index is -0.459. The Morgan fingerprint density at radius 3 is 2.35 bits per heavy atom. The number of carbonyl (C=O) groups excluding carboxylic acids is 1. The quantitative estimate of drug-likeness (QED) is 0.519. The molecule has 3 nitrogen and oxygen atoms in total. The Labute approximate surface area is 145 Å². The van der Waals surface area contributed by atoms with E-state index in [9.17, 15) is 4.79 Å². The van der Waals surface area contributed by atoms with Crippen LogP contribution in [0.1, 0.15) is 51.5 Å². The molecule has 0 spiro atoms. The number of benzene rings is 1. The molecule has 0 aliphatic heterocycles. The van der Waals surface area contributed by atoms with Gasteiger partial charge in [0.15, 0.2) is 0 Å². The van der Waals surface area contributed by atoms with Gasteiger partial charge in [0.2, 0.25) is 0 Å². The van der Waals surface area contributed by atoms with Crippen molar-refractivity contribution in [1.29, 1.82) is 0 Å². The van der Waals surface area contributed by atoms with Gasteiger partial charge in [0.1, 0.15) is 0 Å². The van der Waals surface area contributed by atoms with Gasteiger partial charge < -0.3 is 9.64 Å². The minimum absolute atomic E-state index is 0.0585. The zero-order valence-electron chi connectivity index (χ0n) is 14.3. The molecule has 2 rings (SSSR count). The van der Waals surface area contributed by atoms with E-state index in [1.165, 1.54) is 0 Å². The summed E-state index contributed by atoms with van der Waals surface area (Å²) in [6.45, 7) is 7.88. The SMILES string of the molecule is CCN(CC)CCCOC(=O)C1(c2ccc(Cl)cc2)CCCC1. The Morgan fingerprint density at radius 1 is 1.17 bits per heavy atom. The molecule has 23 heavy (non-hydrogen) atoms. The third-order valence-corrected chi connectivity index (χ3v) is 5.24. The maximum Gasteiger partial charge on any atom is 0.316 e. The second-order valence-electron chi connectivity index (χ2n) is 6.31. The Morgan fingerprint density at radius 2 is 1.78 bits per heavy atom. The molecule has 1 saturated carbocycles. The van der Waals surface area contributed by atoms with Crippen LogP contribution in [0.4, 0.5) is 0 Å². The van der Waals surface area contributed by atoms with Crippen LogP contribution in [0.2, 0.25) is 5.02 Å². The molecule has 1 fully saturated rings. The zero-order chi connectivity index (χ0) is 16.7. The third-order valence-electron chi connectivity index (χ3n) is 4.99. The molecule has 1 aromatic carbocycles. The topological polar surface area (TPSA) is 29.5 Å². The summed E-state index contributed by atoms with van der Waals surface area (Å²) in [5.74, 6) is -0.0585. The van der Waals surface area contributed by atoms with Gasteiger partial charge in [-0.2, -0.15) is 0 Å². The molecule has 0 radical (unpaired) electrons. The number of esters is 1. The lowest BCUT2D eigenvalue weighted by Crippen LogP contribution is -2.35. The van der Waals surface area contributed by atoms with E-state index in [0.29, 0.717) is 11.6 Å². The summed E-state index contributed by atoms with van der Waals surface area (Å²) in [4.78, 5) is 15.1. The minimum Gasteiger partial charge on any atom is -0.465 e. The fourth-order valence-electron chi connectivity index (χ4n) is 3.49. The van der Waals surface area contributed by atoms with E-state index >= 15 is 0 Å². The number of hydrogen-bond acceptors (Lipinski definition) is 3. The highest BCUT2D eigenvalue weighted by Crippen LogP contribution is 2.42. The molecule has 1 aliphatic carbocycles. The second kappa shape index (κ2) is 8.70. The second-order valence-corrected chi connectivity index (χ2v) is 6.75. The van der Waals surface area contributed by atoms with Crippen LogP contribution in [0.25, 0.3) is 0 Å². The van der Waals surface area contributed by atoms with Crippen molar-refractivity contribution in [3.63, 3.8) is 0 Å². The molecule has 0 unspecified atom stereocenters. The summed E-state index contributed by atoms with van der Waals surface area (Å²) in [6, 6.07) is 7.69. The molecule has 0 amide bonds. The van der Waals surface area contributed by atoms with Crippen LogP contribution in [0.5, 0.6) is 0 Å². The molecule has 0 bridgehead atoms. The van der Waals surface area contributed by atoms with Crippen LogP contribution >= 0.6 is 11.6 Å². The van der Waals surface area contributed by atoms with Gasteiger partial charge in [-0.05, 0) is 50.0 Å². The first-order chi connectivity index (χ1) is 11.1. The maximum atomic E-state index is 12.8. The zero-order valence-corrected chi connectivity index (χ0v) is 15.1. The van der Waals surface area contributed by atoms with Gasteiger partial charge in [0.05, 0.1) is 12.0 Å². The Hall–Kier alpha value is -1.06. The van der Waals surface area contributed by atoms with E-state index < -0.39 is 5.41 Å². The molecule has 0 N–H and O–H groups in total. The molecule has 1 aromatic rings. The lowest BCUT2D eigenvalue weighted by atomic mass is 9.79. The van der Waals surface area contributed by atoms with E-state index in [2.05, 4.69) is 18.7 Å². The van der Waals surface area contributed by atoms with Gasteiger partial charge in [-0.3, -0.25) is 4.79 Å². The van der Waals surface area contributed by atoms with Gasteiger partial charge >= 0.3 is 5.97 Å². The molecule has 1 aliphatic rings. The average molecular weight is 338 g/mol. The lowest BCUT2D eigenvalue weighted by Gasteiger charge is -2.27. The molecule has 0 atom stereocenters. The summed E-state index contributed by atoms with van der Waals surface area (Å²) in [5, 5.41) is 0.703. The first kappa shape index (κ1) is 18.3. The molecular weight excluding hydrogens is 310 g/mol. The summed E-state index contributed by atoms with van der Waals surface area (Å²) >= 11 is 5.98. The number of hydrogen-bond donors (Lipinski definition) is 0. The molecular formula is C19H28ClNO2. The van der Waals surface area contributed by atoms with Crippen molar-refractivity contribution >= 4 is 17.6 Å². The monoisotopic (exact) mass is 337 g/mol.